The summed E-state index contributed by atoms with van der Waals surface area (Å²) >= 11 is 0. The molecule has 0 saturated heterocycles. The molecule has 0 saturated carbocycles. The van der Waals surface area contributed by atoms with Gasteiger partial charge in [0.25, 0.3) is 0 Å². The van der Waals surface area contributed by atoms with E-state index in [0.29, 0.717) is 0 Å². The van der Waals surface area contributed by atoms with Crippen LogP contribution in [0, 0.1) is 0 Å². The first kappa shape index (κ1) is 13.9. The fourth-order valence-electron chi connectivity index (χ4n) is 2.92. The quantitative estimate of drug-likeness (QED) is 0.902. The van der Waals surface area contributed by atoms with Crippen molar-refractivity contribution in [2.24, 2.45) is 0 Å². The third-order valence-corrected chi connectivity index (χ3v) is 3.95. The SMILES string of the molecule is CCCNc1ccnc(CN2CCCc3ccccc32)c1. The molecule has 3 heteroatoms. The minimum Gasteiger partial charge on any atom is -0.385 e. The molecule has 21 heavy (non-hydrogen) atoms. The molecule has 1 aliphatic heterocycles. The van der Waals surface area contributed by atoms with Gasteiger partial charge < -0.3 is 10.2 Å². The maximum Gasteiger partial charge on any atom is 0.0617 e. The van der Waals surface area contributed by atoms with Crippen molar-refractivity contribution in [1.82, 2.24) is 4.98 Å². The van der Waals surface area contributed by atoms with Crippen LogP contribution < -0.4 is 10.2 Å². The number of pyridine rings is 1. The Labute approximate surface area is 127 Å². The summed E-state index contributed by atoms with van der Waals surface area (Å²) in [7, 11) is 0. The Kier molecular flexibility index (Phi) is 4.39. The highest BCUT2D eigenvalue weighted by Crippen LogP contribution is 2.27. The van der Waals surface area contributed by atoms with Gasteiger partial charge in [-0.2, -0.15) is 0 Å². The first-order valence-corrected chi connectivity index (χ1v) is 7.88. The van der Waals surface area contributed by atoms with Crippen LogP contribution in [0.2, 0.25) is 0 Å². The predicted molar refractivity (Wildman–Crippen MR) is 88.8 cm³/mol. The predicted octanol–water partition coefficient (Wildman–Crippen LogP) is 3.86. The van der Waals surface area contributed by atoms with Crippen LogP contribution in [-0.4, -0.2) is 18.1 Å². The molecule has 3 rings (SSSR count). The van der Waals surface area contributed by atoms with E-state index >= 15 is 0 Å². The smallest absolute Gasteiger partial charge is 0.0617 e. The summed E-state index contributed by atoms with van der Waals surface area (Å²) in [5.74, 6) is 0. The molecule has 2 heterocycles. The maximum atomic E-state index is 4.53. The minimum atomic E-state index is 0.888. The van der Waals surface area contributed by atoms with Crippen molar-refractivity contribution in [3.05, 3.63) is 53.9 Å². The average molecular weight is 281 g/mol. The van der Waals surface area contributed by atoms with Crippen LogP contribution in [0.15, 0.2) is 42.6 Å². The van der Waals surface area contributed by atoms with Gasteiger partial charge in [0.05, 0.1) is 12.2 Å². The number of para-hydroxylation sites is 1. The van der Waals surface area contributed by atoms with Crippen LogP contribution in [-0.2, 0) is 13.0 Å². The van der Waals surface area contributed by atoms with E-state index in [1.54, 1.807) is 0 Å². The molecule has 0 aliphatic carbocycles. The molecule has 0 fully saturated rings. The molecule has 0 atom stereocenters. The summed E-state index contributed by atoms with van der Waals surface area (Å²) < 4.78 is 0. The molecule has 0 unspecified atom stereocenters. The zero-order valence-corrected chi connectivity index (χ0v) is 12.7. The summed E-state index contributed by atoms with van der Waals surface area (Å²) in [6, 6.07) is 13.0. The highest BCUT2D eigenvalue weighted by atomic mass is 15.1. The molecule has 0 radical (unpaired) electrons. The molecule has 0 spiro atoms. The normalized spacial score (nSPS) is 13.9. The number of nitrogens with zero attached hydrogens (tertiary/aromatic N) is 2. The molecule has 1 aromatic carbocycles. The standard InChI is InChI=1S/C18H23N3/c1-2-10-19-16-9-11-20-17(13-16)14-21-12-5-7-15-6-3-4-8-18(15)21/h3-4,6,8-9,11,13H,2,5,7,10,12,14H2,1H3,(H,19,20). The Balaban J connectivity index is 1.75. The fraction of sp³-hybridized carbons (Fsp3) is 0.389. The Morgan fingerprint density at radius 2 is 2.14 bits per heavy atom. The highest BCUT2D eigenvalue weighted by molar-refractivity contribution is 5.56. The third-order valence-electron chi connectivity index (χ3n) is 3.95. The van der Waals surface area contributed by atoms with E-state index in [0.717, 1.165) is 31.7 Å². The lowest BCUT2D eigenvalue weighted by atomic mass is 10.0. The number of hydrogen-bond donors (Lipinski definition) is 1. The first-order chi connectivity index (χ1) is 10.4. The van der Waals surface area contributed by atoms with Gasteiger partial charge >= 0.3 is 0 Å². The summed E-state index contributed by atoms with van der Waals surface area (Å²) in [5, 5.41) is 3.43. The van der Waals surface area contributed by atoms with Crippen molar-refractivity contribution in [1.29, 1.82) is 0 Å². The van der Waals surface area contributed by atoms with Gasteiger partial charge in [-0.1, -0.05) is 25.1 Å². The van der Waals surface area contributed by atoms with Gasteiger partial charge in [0.2, 0.25) is 0 Å². The van der Waals surface area contributed by atoms with Crippen LogP contribution in [0.5, 0.6) is 0 Å². The molecule has 3 nitrogen and oxygen atoms in total. The fourth-order valence-corrected chi connectivity index (χ4v) is 2.92. The number of hydrogen-bond acceptors (Lipinski definition) is 3. The van der Waals surface area contributed by atoms with Crippen LogP contribution in [0.25, 0.3) is 0 Å². The lowest BCUT2D eigenvalue weighted by molar-refractivity contribution is 0.684. The van der Waals surface area contributed by atoms with Gasteiger partial charge in [-0.25, -0.2) is 0 Å². The molecule has 0 bridgehead atoms. The van der Waals surface area contributed by atoms with Gasteiger partial charge in [0.1, 0.15) is 0 Å². The second-order valence-corrected chi connectivity index (χ2v) is 5.62. The zero-order valence-electron chi connectivity index (χ0n) is 12.7. The van der Waals surface area contributed by atoms with Crippen LogP contribution in [0.3, 0.4) is 0 Å². The largest absolute Gasteiger partial charge is 0.385 e. The lowest BCUT2D eigenvalue weighted by Crippen LogP contribution is -2.29. The van der Waals surface area contributed by atoms with Gasteiger partial charge in [-0.3, -0.25) is 4.98 Å². The summed E-state index contributed by atoms with van der Waals surface area (Å²) in [4.78, 5) is 6.98. The van der Waals surface area contributed by atoms with Gasteiger partial charge in [-0.15, -0.1) is 0 Å². The van der Waals surface area contributed by atoms with Crippen molar-refractivity contribution >= 4 is 11.4 Å². The molecule has 1 aliphatic rings. The van der Waals surface area contributed by atoms with Gasteiger partial charge in [-0.05, 0) is 43.0 Å². The molecule has 1 aromatic heterocycles. The monoisotopic (exact) mass is 281 g/mol. The zero-order chi connectivity index (χ0) is 14.5. The van der Waals surface area contributed by atoms with Crippen LogP contribution in [0.1, 0.15) is 31.0 Å². The van der Waals surface area contributed by atoms with E-state index in [4.69, 9.17) is 0 Å². The minimum absolute atomic E-state index is 0.888. The second-order valence-electron chi connectivity index (χ2n) is 5.62. The Bertz CT molecular complexity index is 595. The lowest BCUT2D eigenvalue weighted by Gasteiger charge is -2.31. The van der Waals surface area contributed by atoms with Crippen molar-refractivity contribution < 1.29 is 0 Å². The van der Waals surface area contributed by atoms with E-state index < -0.39 is 0 Å². The second kappa shape index (κ2) is 6.61. The number of anilines is 2. The first-order valence-electron chi connectivity index (χ1n) is 7.88. The van der Waals surface area contributed by atoms with Crippen LogP contribution >= 0.6 is 0 Å². The summed E-state index contributed by atoms with van der Waals surface area (Å²) in [5.41, 5.74) is 5.14. The molecule has 1 N–H and O–H groups in total. The average Bonchev–Trinajstić information content (AvgIpc) is 2.54. The van der Waals surface area contributed by atoms with E-state index in [9.17, 15) is 0 Å². The summed E-state index contributed by atoms with van der Waals surface area (Å²) in [6.45, 7) is 5.19. The molecular weight excluding hydrogens is 258 g/mol. The van der Waals surface area contributed by atoms with Crippen molar-refractivity contribution in [3.63, 3.8) is 0 Å². The van der Waals surface area contributed by atoms with Crippen molar-refractivity contribution in [2.75, 3.05) is 23.3 Å². The number of rotatable bonds is 5. The number of nitrogens with one attached hydrogen (secondary N) is 1. The molecule has 2 aromatic rings. The molecule has 110 valence electrons. The van der Waals surface area contributed by atoms with Crippen molar-refractivity contribution in [2.45, 2.75) is 32.7 Å². The van der Waals surface area contributed by atoms with E-state index in [-0.39, 0.29) is 0 Å². The van der Waals surface area contributed by atoms with Gasteiger partial charge in [0.15, 0.2) is 0 Å². The van der Waals surface area contributed by atoms with E-state index in [1.807, 2.05) is 12.3 Å². The van der Waals surface area contributed by atoms with Crippen LogP contribution in [0.4, 0.5) is 11.4 Å². The Morgan fingerprint density at radius 1 is 1.24 bits per heavy atom. The molecular formula is C18H23N3. The number of fused-ring (bicyclic) bond motifs is 1. The number of aryl methyl sites for hydroxylation is 1. The highest BCUT2D eigenvalue weighted by Gasteiger charge is 2.16. The maximum absolute atomic E-state index is 4.53. The van der Waals surface area contributed by atoms with E-state index in [2.05, 4.69) is 52.5 Å². The molecule has 0 amide bonds. The number of aromatic nitrogens is 1. The number of benzene rings is 1. The Hall–Kier alpha value is -2.03. The summed E-state index contributed by atoms with van der Waals surface area (Å²) in [6.07, 6.45) is 5.46. The van der Waals surface area contributed by atoms with Crippen molar-refractivity contribution in [3.8, 4) is 0 Å². The third kappa shape index (κ3) is 3.35. The van der Waals surface area contributed by atoms with E-state index in [1.165, 1.54) is 29.8 Å². The van der Waals surface area contributed by atoms with Gasteiger partial charge in [0, 0.05) is 30.7 Å². The topological polar surface area (TPSA) is 28.2 Å². The Morgan fingerprint density at radius 3 is 3.05 bits per heavy atom.